The van der Waals surface area contributed by atoms with Crippen LogP contribution in [0, 0.1) is 0 Å². The quantitative estimate of drug-likeness (QED) is 0.801. The fraction of sp³-hybridized carbons (Fsp3) is 0.667. The summed E-state index contributed by atoms with van der Waals surface area (Å²) in [6.07, 6.45) is 3.09. The summed E-state index contributed by atoms with van der Waals surface area (Å²) in [4.78, 5) is 2.39. The number of β-amino-alcohol motifs (C(OH)–C–C–N with tert-alkyl or cyclic N) is 1. The molecule has 1 aromatic carbocycles. The van der Waals surface area contributed by atoms with Gasteiger partial charge in [0.15, 0.2) is 0 Å². The van der Waals surface area contributed by atoms with Gasteiger partial charge in [-0.15, -0.1) is 0 Å². The molecule has 4 nitrogen and oxygen atoms in total. The van der Waals surface area contributed by atoms with E-state index < -0.39 is 6.10 Å². The summed E-state index contributed by atoms with van der Waals surface area (Å²) in [6.45, 7) is 6.14. The Bertz CT molecular complexity index is 450. The number of para-hydroxylation sites is 1. The molecule has 2 rings (SSSR count). The highest BCUT2D eigenvalue weighted by atomic mass is 16.5. The maximum absolute atomic E-state index is 10.2. The largest absolute Gasteiger partial charge is 0.496 e. The Hall–Kier alpha value is -1.10. The Morgan fingerprint density at radius 2 is 2.09 bits per heavy atom. The molecule has 4 heteroatoms. The minimum atomic E-state index is -0.416. The van der Waals surface area contributed by atoms with Gasteiger partial charge in [0, 0.05) is 12.6 Å². The molecule has 0 spiro atoms. The first kappa shape index (κ1) is 17.3. The first-order chi connectivity index (χ1) is 10.6. The summed E-state index contributed by atoms with van der Waals surface area (Å²) in [7, 11) is 1.72. The summed E-state index contributed by atoms with van der Waals surface area (Å²) < 4.78 is 11.0. The zero-order chi connectivity index (χ0) is 15.9. The number of methoxy groups -OCH3 is 1. The molecule has 1 aliphatic heterocycles. The average Bonchev–Trinajstić information content (AvgIpc) is 2.93. The van der Waals surface area contributed by atoms with E-state index >= 15 is 0 Å². The van der Waals surface area contributed by atoms with Gasteiger partial charge < -0.3 is 14.6 Å². The van der Waals surface area contributed by atoms with Gasteiger partial charge in [0.2, 0.25) is 0 Å². The lowest BCUT2D eigenvalue weighted by molar-refractivity contribution is -0.00999. The van der Waals surface area contributed by atoms with Crippen molar-refractivity contribution in [2.75, 3.05) is 26.8 Å². The number of likely N-dealkylation sites (tertiary alicyclic amines) is 1. The average molecular weight is 307 g/mol. The van der Waals surface area contributed by atoms with Crippen molar-refractivity contribution in [1.82, 2.24) is 4.90 Å². The van der Waals surface area contributed by atoms with Gasteiger partial charge in [0.05, 0.1) is 25.9 Å². The molecule has 1 aromatic rings. The smallest absolute Gasteiger partial charge is 0.122 e. The van der Waals surface area contributed by atoms with Crippen LogP contribution in [-0.2, 0) is 11.2 Å². The molecule has 1 saturated heterocycles. The van der Waals surface area contributed by atoms with E-state index in [9.17, 15) is 5.11 Å². The Morgan fingerprint density at radius 3 is 2.82 bits per heavy atom. The van der Waals surface area contributed by atoms with Gasteiger partial charge >= 0.3 is 0 Å². The molecule has 1 heterocycles. The first-order valence-electron chi connectivity index (χ1n) is 8.25. The van der Waals surface area contributed by atoms with Crippen LogP contribution in [0.4, 0.5) is 0 Å². The van der Waals surface area contributed by atoms with Crippen molar-refractivity contribution < 1.29 is 14.6 Å². The van der Waals surface area contributed by atoms with E-state index in [0.29, 0.717) is 19.2 Å². The molecule has 0 aromatic heterocycles. The van der Waals surface area contributed by atoms with Crippen molar-refractivity contribution in [2.45, 2.75) is 51.4 Å². The second kappa shape index (κ2) is 8.51. The van der Waals surface area contributed by atoms with Crippen LogP contribution in [0.5, 0.6) is 5.75 Å². The van der Waals surface area contributed by atoms with Gasteiger partial charge in [0.1, 0.15) is 5.75 Å². The fourth-order valence-corrected chi connectivity index (χ4v) is 3.12. The third kappa shape index (κ3) is 4.97. The SMILES string of the molecule is COc1ccccc1CC1CCCN1CC(O)COC(C)C. The van der Waals surface area contributed by atoms with Crippen LogP contribution in [0.1, 0.15) is 32.3 Å². The summed E-state index contributed by atoms with van der Waals surface area (Å²) in [5.74, 6) is 0.957. The molecule has 124 valence electrons. The van der Waals surface area contributed by atoms with E-state index in [0.717, 1.165) is 18.7 Å². The summed E-state index contributed by atoms with van der Waals surface area (Å²) in [5.41, 5.74) is 1.25. The number of hydrogen-bond acceptors (Lipinski definition) is 4. The minimum absolute atomic E-state index is 0.164. The van der Waals surface area contributed by atoms with E-state index in [1.54, 1.807) is 7.11 Å². The summed E-state index contributed by atoms with van der Waals surface area (Å²) in [6, 6.07) is 8.68. The van der Waals surface area contributed by atoms with E-state index in [1.807, 2.05) is 26.0 Å². The normalized spacial score (nSPS) is 20.5. The second-order valence-corrected chi connectivity index (χ2v) is 6.34. The molecule has 2 unspecified atom stereocenters. The highest BCUT2D eigenvalue weighted by Crippen LogP contribution is 2.26. The molecule has 0 radical (unpaired) electrons. The van der Waals surface area contributed by atoms with Crippen LogP contribution in [0.25, 0.3) is 0 Å². The molecular formula is C18H29NO3. The molecule has 0 bridgehead atoms. The number of rotatable bonds is 8. The highest BCUT2D eigenvalue weighted by Gasteiger charge is 2.27. The number of aliphatic hydroxyl groups is 1. The molecule has 1 N–H and O–H groups in total. The van der Waals surface area contributed by atoms with Crippen LogP contribution < -0.4 is 4.74 Å². The first-order valence-corrected chi connectivity index (χ1v) is 8.25. The van der Waals surface area contributed by atoms with Crippen molar-refractivity contribution in [3.05, 3.63) is 29.8 Å². The van der Waals surface area contributed by atoms with Crippen LogP contribution in [0.3, 0.4) is 0 Å². The third-order valence-corrected chi connectivity index (χ3v) is 4.21. The summed E-state index contributed by atoms with van der Waals surface area (Å²) in [5, 5.41) is 10.2. The number of hydrogen-bond donors (Lipinski definition) is 1. The van der Waals surface area contributed by atoms with Gasteiger partial charge in [-0.25, -0.2) is 0 Å². The predicted octanol–water partition coefficient (Wildman–Crippen LogP) is 2.49. The lowest BCUT2D eigenvalue weighted by atomic mass is 10.0. The molecular weight excluding hydrogens is 278 g/mol. The molecule has 0 saturated carbocycles. The van der Waals surface area contributed by atoms with Gasteiger partial charge in [-0.3, -0.25) is 4.90 Å². The topological polar surface area (TPSA) is 41.9 Å². The molecule has 2 atom stereocenters. The standard InChI is InChI=1S/C18H29NO3/c1-14(2)22-13-17(20)12-19-10-6-8-16(19)11-15-7-4-5-9-18(15)21-3/h4-5,7,9,14,16-17,20H,6,8,10-13H2,1-3H3. The molecule has 1 aliphatic rings. The van der Waals surface area contributed by atoms with E-state index in [2.05, 4.69) is 17.0 Å². The van der Waals surface area contributed by atoms with Crippen LogP contribution in [0.2, 0.25) is 0 Å². The monoisotopic (exact) mass is 307 g/mol. The van der Waals surface area contributed by atoms with Crippen LogP contribution in [-0.4, -0.2) is 55.1 Å². The van der Waals surface area contributed by atoms with E-state index in [-0.39, 0.29) is 6.10 Å². The zero-order valence-corrected chi connectivity index (χ0v) is 14.0. The maximum Gasteiger partial charge on any atom is 0.122 e. The number of nitrogens with zero attached hydrogens (tertiary/aromatic N) is 1. The van der Waals surface area contributed by atoms with Crippen molar-refractivity contribution in [1.29, 1.82) is 0 Å². The molecule has 0 amide bonds. The highest BCUT2D eigenvalue weighted by molar-refractivity contribution is 5.34. The minimum Gasteiger partial charge on any atom is -0.496 e. The molecule has 22 heavy (non-hydrogen) atoms. The summed E-state index contributed by atoms with van der Waals surface area (Å²) >= 11 is 0. The number of aliphatic hydroxyl groups excluding tert-OH is 1. The molecule has 0 aliphatic carbocycles. The Labute approximate surface area is 134 Å². The second-order valence-electron chi connectivity index (χ2n) is 6.34. The van der Waals surface area contributed by atoms with Crippen molar-refractivity contribution in [3.8, 4) is 5.75 Å². The van der Waals surface area contributed by atoms with E-state index in [4.69, 9.17) is 9.47 Å². The van der Waals surface area contributed by atoms with Crippen LogP contribution >= 0.6 is 0 Å². The Morgan fingerprint density at radius 1 is 1.32 bits per heavy atom. The zero-order valence-electron chi connectivity index (χ0n) is 14.0. The van der Waals surface area contributed by atoms with Crippen molar-refractivity contribution in [2.24, 2.45) is 0 Å². The molecule has 1 fully saturated rings. The Kier molecular flexibility index (Phi) is 6.68. The third-order valence-electron chi connectivity index (χ3n) is 4.21. The maximum atomic E-state index is 10.2. The van der Waals surface area contributed by atoms with Crippen LogP contribution in [0.15, 0.2) is 24.3 Å². The lowest BCUT2D eigenvalue weighted by Crippen LogP contribution is -2.39. The Balaban J connectivity index is 1.90. The number of ether oxygens (including phenoxy) is 2. The van der Waals surface area contributed by atoms with E-state index in [1.165, 1.54) is 18.4 Å². The fourth-order valence-electron chi connectivity index (χ4n) is 3.12. The van der Waals surface area contributed by atoms with Gasteiger partial charge in [0.25, 0.3) is 0 Å². The van der Waals surface area contributed by atoms with Crippen molar-refractivity contribution >= 4 is 0 Å². The predicted molar refractivity (Wildman–Crippen MR) is 88.4 cm³/mol. The van der Waals surface area contributed by atoms with Crippen molar-refractivity contribution in [3.63, 3.8) is 0 Å². The number of benzene rings is 1. The lowest BCUT2D eigenvalue weighted by Gasteiger charge is -2.27. The van der Waals surface area contributed by atoms with Gasteiger partial charge in [-0.2, -0.15) is 0 Å². The van der Waals surface area contributed by atoms with Gasteiger partial charge in [-0.05, 0) is 51.3 Å². The van der Waals surface area contributed by atoms with Gasteiger partial charge in [-0.1, -0.05) is 18.2 Å².